The second-order valence-corrected chi connectivity index (χ2v) is 9.49. The topological polar surface area (TPSA) is 45.7 Å². The van der Waals surface area contributed by atoms with E-state index < -0.39 is 0 Å². The molecule has 2 aromatic rings. The predicted octanol–water partition coefficient (Wildman–Crippen LogP) is 3.96. The van der Waals surface area contributed by atoms with Crippen molar-refractivity contribution in [3.63, 3.8) is 0 Å². The Bertz CT molecular complexity index is 860. The van der Waals surface area contributed by atoms with Gasteiger partial charge < -0.3 is 14.5 Å². The van der Waals surface area contributed by atoms with Gasteiger partial charge in [0.1, 0.15) is 12.4 Å². The van der Waals surface area contributed by atoms with Crippen LogP contribution in [0.25, 0.3) is 0 Å². The van der Waals surface area contributed by atoms with E-state index in [1.165, 1.54) is 11.1 Å². The molecule has 1 aliphatic heterocycles. The number of likely N-dealkylation sites (N-methyl/N-ethyl adjacent to an activating group) is 1. The van der Waals surface area contributed by atoms with Gasteiger partial charge in [-0.05, 0) is 81.8 Å². The standard InChI is InChI=1S/C26H35N3O2/c1-20-6-8-23(9-7-20)31-16-15-28(3)25(30)24-18-26(24)10-13-29(14-11-26)21(2)17-22-5-4-12-27-19-22/h4-9,12,19,21,24H,10-11,13-18H2,1-3H3. The van der Waals surface area contributed by atoms with Gasteiger partial charge in [0.05, 0.1) is 6.54 Å². The first-order valence-corrected chi connectivity index (χ1v) is 11.5. The summed E-state index contributed by atoms with van der Waals surface area (Å²) in [5.74, 6) is 1.36. The minimum atomic E-state index is 0.202. The highest BCUT2D eigenvalue weighted by atomic mass is 16.5. The fourth-order valence-electron chi connectivity index (χ4n) is 4.96. The number of hydrogen-bond acceptors (Lipinski definition) is 4. The molecule has 2 fully saturated rings. The zero-order chi connectivity index (χ0) is 21.8. The summed E-state index contributed by atoms with van der Waals surface area (Å²) in [7, 11) is 1.91. The highest BCUT2D eigenvalue weighted by molar-refractivity contribution is 5.82. The Kier molecular flexibility index (Phi) is 6.61. The Hall–Kier alpha value is -2.40. The molecule has 2 atom stereocenters. The van der Waals surface area contributed by atoms with Gasteiger partial charge in [-0.2, -0.15) is 0 Å². The third kappa shape index (κ3) is 5.27. The lowest BCUT2D eigenvalue weighted by atomic mass is 9.89. The summed E-state index contributed by atoms with van der Waals surface area (Å²) in [6.45, 7) is 7.71. The van der Waals surface area contributed by atoms with Crippen LogP contribution >= 0.6 is 0 Å². The zero-order valence-electron chi connectivity index (χ0n) is 19.1. The smallest absolute Gasteiger partial charge is 0.226 e. The van der Waals surface area contributed by atoms with Crippen LogP contribution in [0.1, 0.15) is 37.3 Å². The first kappa shape index (κ1) is 21.8. The maximum atomic E-state index is 13.0. The van der Waals surface area contributed by atoms with E-state index in [1.54, 1.807) is 0 Å². The van der Waals surface area contributed by atoms with Crippen molar-refractivity contribution in [2.45, 2.75) is 45.6 Å². The SMILES string of the molecule is Cc1ccc(OCCN(C)C(=O)C2CC23CCN(C(C)Cc2cccnc2)CC3)cc1. The third-order valence-electron chi connectivity index (χ3n) is 7.25. The van der Waals surface area contributed by atoms with Gasteiger partial charge in [-0.1, -0.05) is 23.8 Å². The van der Waals surface area contributed by atoms with E-state index in [0.717, 1.165) is 44.5 Å². The molecule has 1 spiro atoms. The van der Waals surface area contributed by atoms with Crippen LogP contribution in [0.5, 0.6) is 5.75 Å². The first-order valence-electron chi connectivity index (χ1n) is 11.5. The molecule has 0 N–H and O–H groups in total. The molecular weight excluding hydrogens is 386 g/mol. The van der Waals surface area contributed by atoms with Gasteiger partial charge in [0, 0.05) is 31.4 Å². The van der Waals surface area contributed by atoms with Crippen LogP contribution in [0.15, 0.2) is 48.8 Å². The largest absolute Gasteiger partial charge is 0.492 e. The van der Waals surface area contributed by atoms with Gasteiger partial charge in [-0.25, -0.2) is 0 Å². The Balaban J connectivity index is 1.20. The summed E-state index contributed by atoms with van der Waals surface area (Å²) >= 11 is 0. The number of ether oxygens (including phenoxy) is 1. The van der Waals surface area contributed by atoms with E-state index in [1.807, 2.05) is 54.7 Å². The molecule has 166 valence electrons. The highest BCUT2D eigenvalue weighted by Crippen LogP contribution is 2.60. The Morgan fingerprint density at radius 1 is 1.26 bits per heavy atom. The average Bonchev–Trinajstić information content (AvgIpc) is 3.48. The second-order valence-electron chi connectivity index (χ2n) is 9.49. The number of benzene rings is 1. The molecule has 1 aromatic heterocycles. The lowest BCUT2D eigenvalue weighted by Gasteiger charge is -2.37. The number of hydrogen-bond donors (Lipinski definition) is 0. The number of aromatic nitrogens is 1. The number of amides is 1. The van der Waals surface area contributed by atoms with Crippen LogP contribution in [0.2, 0.25) is 0 Å². The van der Waals surface area contributed by atoms with Crippen molar-refractivity contribution in [2.75, 3.05) is 33.3 Å². The molecule has 0 radical (unpaired) electrons. The second kappa shape index (κ2) is 9.39. The van der Waals surface area contributed by atoms with E-state index in [9.17, 15) is 4.79 Å². The quantitative estimate of drug-likeness (QED) is 0.647. The van der Waals surface area contributed by atoms with Gasteiger partial charge in [0.2, 0.25) is 5.91 Å². The fourth-order valence-corrected chi connectivity index (χ4v) is 4.96. The van der Waals surface area contributed by atoms with Crippen LogP contribution in [0.3, 0.4) is 0 Å². The first-order chi connectivity index (χ1) is 15.0. The number of piperidine rings is 1. The van der Waals surface area contributed by atoms with Crippen LogP contribution in [0, 0.1) is 18.3 Å². The molecular formula is C26H35N3O2. The molecule has 5 nitrogen and oxygen atoms in total. The summed E-state index contributed by atoms with van der Waals surface area (Å²) in [6, 6.07) is 12.7. The summed E-state index contributed by atoms with van der Waals surface area (Å²) < 4.78 is 5.80. The highest BCUT2D eigenvalue weighted by Gasteiger charge is 2.59. The number of pyridine rings is 1. The van der Waals surface area contributed by atoms with Crippen molar-refractivity contribution in [1.29, 1.82) is 0 Å². The molecule has 2 unspecified atom stereocenters. The minimum absolute atomic E-state index is 0.202. The van der Waals surface area contributed by atoms with E-state index in [4.69, 9.17) is 4.74 Å². The van der Waals surface area contributed by atoms with E-state index in [2.05, 4.69) is 29.8 Å². The van der Waals surface area contributed by atoms with Gasteiger partial charge >= 0.3 is 0 Å². The molecule has 31 heavy (non-hydrogen) atoms. The van der Waals surface area contributed by atoms with Crippen molar-refractivity contribution >= 4 is 5.91 Å². The lowest BCUT2D eigenvalue weighted by molar-refractivity contribution is -0.132. The maximum Gasteiger partial charge on any atom is 0.226 e. The number of carbonyl (C=O) groups excluding carboxylic acids is 1. The van der Waals surface area contributed by atoms with E-state index >= 15 is 0 Å². The molecule has 1 saturated heterocycles. The molecule has 2 heterocycles. The van der Waals surface area contributed by atoms with Crippen molar-refractivity contribution in [3.8, 4) is 5.75 Å². The zero-order valence-corrected chi connectivity index (χ0v) is 19.1. The van der Waals surface area contributed by atoms with Crippen LogP contribution in [-0.4, -0.2) is 60.0 Å². The van der Waals surface area contributed by atoms with Gasteiger partial charge in [-0.3, -0.25) is 9.78 Å². The summed E-state index contributed by atoms with van der Waals surface area (Å²) in [4.78, 5) is 21.7. The van der Waals surface area contributed by atoms with Gasteiger partial charge in [0.15, 0.2) is 0 Å². The average molecular weight is 422 g/mol. The molecule has 1 amide bonds. The van der Waals surface area contributed by atoms with E-state index in [0.29, 0.717) is 25.1 Å². The van der Waals surface area contributed by atoms with Crippen LogP contribution < -0.4 is 4.74 Å². The molecule has 1 aliphatic carbocycles. The Morgan fingerprint density at radius 3 is 2.68 bits per heavy atom. The molecule has 4 rings (SSSR count). The number of aryl methyl sites for hydroxylation is 1. The maximum absolute atomic E-state index is 13.0. The molecule has 1 aromatic carbocycles. The molecule has 2 aliphatic rings. The molecule has 5 heteroatoms. The fraction of sp³-hybridized carbons (Fsp3) is 0.538. The Labute approximate surface area is 186 Å². The number of rotatable bonds is 8. The van der Waals surface area contributed by atoms with Crippen molar-refractivity contribution < 1.29 is 9.53 Å². The van der Waals surface area contributed by atoms with E-state index in [-0.39, 0.29) is 11.3 Å². The van der Waals surface area contributed by atoms with Crippen LogP contribution in [-0.2, 0) is 11.2 Å². The lowest BCUT2D eigenvalue weighted by Crippen LogP contribution is -2.43. The van der Waals surface area contributed by atoms with Crippen molar-refractivity contribution in [1.82, 2.24) is 14.8 Å². The molecule has 0 bridgehead atoms. The normalized spacial score (nSPS) is 20.9. The summed E-state index contributed by atoms with van der Waals surface area (Å²) in [5.41, 5.74) is 2.76. The van der Waals surface area contributed by atoms with Crippen molar-refractivity contribution in [2.24, 2.45) is 11.3 Å². The monoisotopic (exact) mass is 421 g/mol. The Morgan fingerprint density at radius 2 is 2.00 bits per heavy atom. The molecule has 1 saturated carbocycles. The number of carbonyl (C=O) groups is 1. The minimum Gasteiger partial charge on any atom is -0.492 e. The van der Waals surface area contributed by atoms with Crippen LogP contribution in [0.4, 0.5) is 0 Å². The van der Waals surface area contributed by atoms with Crippen molar-refractivity contribution in [3.05, 3.63) is 59.9 Å². The van der Waals surface area contributed by atoms with Gasteiger partial charge in [0.25, 0.3) is 0 Å². The summed E-state index contributed by atoms with van der Waals surface area (Å²) in [6.07, 6.45) is 8.15. The third-order valence-corrected chi connectivity index (χ3v) is 7.25. The predicted molar refractivity (Wildman–Crippen MR) is 123 cm³/mol. The number of likely N-dealkylation sites (tertiary alicyclic amines) is 1. The summed E-state index contributed by atoms with van der Waals surface area (Å²) in [5, 5.41) is 0. The van der Waals surface area contributed by atoms with Gasteiger partial charge in [-0.15, -0.1) is 0 Å². The number of nitrogens with zero attached hydrogens (tertiary/aromatic N) is 3.